The standard InChI is InChI=1S/C18H15NO4S/c1-13-7-5-6-10-15(13)19-18(20)16-11-12-17(23-16)24(21,22)14-8-3-2-4-9-14/h2-12H,1H3,(H,19,20). The first-order valence-corrected chi connectivity index (χ1v) is 8.74. The second-order valence-corrected chi connectivity index (χ2v) is 7.08. The number of carbonyl (C=O) groups excluding carboxylic acids is 1. The van der Waals surface area contributed by atoms with E-state index in [2.05, 4.69) is 5.32 Å². The lowest BCUT2D eigenvalue weighted by molar-refractivity contribution is 0.0991. The lowest BCUT2D eigenvalue weighted by atomic mass is 10.2. The number of amides is 1. The van der Waals surface area contributed by atoms with Gasteiger partial charge in [-0.1, -0.05) is 36.4 Å². The SMILES string of the molecule is Cc1ccccc1NC(=O)c1ccc(S(=O)(=O)c2ccccc2)o1. The molecular formula is C18H15NO4S. The number of sulfone groups is 1. The molecule has 1 aromatic heterocycles. The monoisotopic (exact) mass is 341 g/mol. The quantitative estimate of drug-likeness (QED) is 0.785. The molecule has 0 radical (unpaired) electrons. The van der Waals surface area contributed by atoms with E-state index in [0.717, 1.165) is 5.56 Å². The molecule has 0 unspecified atom stereocenters. The van der Waals surface area contributed by atoms with Crippen LogP contribution in [-0.4, -0.2) is 14.3 Å². The number of hydrogen-bond donors (Lipinski definition) is 1. The Morgan fingerprint density at radius 3 is 2.29 bits per heavy atom. The van der Waals surface area contributed by atoms with Crippen molar-refractivity contribution >= 4 is 21.4 Å². The van der Waals surface area contributed by atoms with Crippen LogP contribution < -0.4 is 5.32 Å². The number of para-hydroxylation sites is 1. The zero-order valence-electron chi connectivity index (χ0n) is 12.9. The van der Waals surface area contributed by atoms with Crippen molar-refractivity contribution in [3.05, 3.63) is 78.1 Å². The van der Waals surface area contributed by atoms with E-state index in [0.29, 0.717) is 5.69 Å². The van der Waals surface area contributed by atoms with Crippen LogP contribution in [0.15, 0.2) is 81.1 Å². The summed E-state index contributed by atoms with van der Waals surface area (Å²) in [6.07, 6.45) is 0. The van der Waals surface area contributed by atoms with Crippen LogP contribution in [0.3, 0.4) is 0 Å². The Kier molecular flexibility index (Phi) is 4.22. The topological polar surface area (TPSA) is 76.4 Å². The minimum Gasteiger partial charge on any atom is -0.439 e. The van der Waals surface area contributed by atoms with Crippen molar-refractivity contribution in [1.82, 2.24) is 0 Å². The zero-order valence-corrected chi connectivity index (χ0v) is 13.7. The van der Waals surface area contributed by atoms with Crippen molar-refractivity contribution in [2.24, 2.45) is 0 Å². The van der Waals surface area contributed by atoms with Gasteiger partial charge >= 0.3 is 0 Å². The van der Waals surface area contributed by atoms with Crippen molar-refractivity contribution in [3.63, 3.8) is 0 Å². The molecule has 1 N–H and O–H groups in total. The number of nitrogens with one attached hydrogen (secondary N) is 1. The highest BCUT2D eigenvalue weighted by molar-refractivity contribution is 7.91. The Morgan fingerprint density at radius 2 is 1.58 bits per heavy atom. The van der Waals surface area contributed by atoms with Gasteiger partial charge in [0.15, 0.2) is 5.76 Å². The summed E-state index contributed by atoms with van der Waals surface area (Å²) in [6.45, 7) is 1.86. The van der Waals surface area contributed by atoms with Gasteiger partial charge in [-0.25, -0.2) is 8.42 Å². The molecule has 0 aliphatic heterocycles. The van der Waals surface area contributed by atoms with E-state index >= 15 is 0 Å². The van der Waals surface area contributed by atoms with Gasteiger partial charge in [-0.05, 0) is 42.8 Å². The van der Waals surface area contributed by atoms with E-state index in [-0.39, 0.29) is 15.7 Å². The number of aryl methyl sites for hydroxylation is 1. The fraction of sp³-hybridized carbons (Fsp3) is 0.0556. The van der Waals surface area contributed by atoms with Crippen LogP contribution in [0.1, 0.15) is 16.1 Å². The van der Waals surface area contributed by atoms with E-state index in [4.69, 9.17) is 4.42 Å². The third-order valence-corrected chi connectivity index (χ3v) is 5.16. The Morgan fingerprint density at radius 1 is 0.917 bits per heavy atom. The maximum Gasteiger partial charge on any atom is 0.291 e. The van der Waals surface area contributed by atoms with Crippen molar-refractivity contribution in [2.45, 2.75) is 16.9 Å². The number of furan rings is 1. The van der Waals surface area contributed by atoms with E-state index < -0.39 is 15.7 Å². The summed E-state index contributed by atoms with van der Waals surface area (Å²) < 4.78 is 30.2. The van der Waals surface area contributed by atoms with Crippen LogP contribution >= 0.6 is 0 Å². The molecule has 0 saturated heterocycles. The third kappa shape index (κ3) is 3.09. The normalized spacial score (nSPS) is 11.2. The summed E-state index contributed by atoms with van der Waals surface area (Å²) in [5.74, 6) is -0.563. The Balaban J connectivity index is 1.86. The predicted molar refractivity (Wildman–Crippen MR) is 89.7 cm³/mol. The Hall–Kier alpha value is -2.86. The third-order valence-electron chi connectivity index (χ3n) is 3.52. The molecule has 0 aliphatic carbocycles. The fourth-order valence-corrected chi connectivity index (χ4v) is 3.39. The van der Waals surface area contributed by atoms with Gasteiger partial charge < -0.3 is 9.73 Å². The molecule has 3 rings (SSSR count). The average molecular weight is 341 g/mol. The molecule has 122 valence electrons. The van der Waals surface area contributed by atoms with Crippen molar-refractivity contribution < 1.29 is 17.6 Å². The van der Waals surface area contributed by atoms with Gasteiger partial charge in [0.05, 0.1) is 4.90 Å². The first-order valence-electron chi connectivity index (χ1n) is 7.25. The molecule has 6 heteroatoms. The molecule has 24 heavy (non-hydrogen) atoms. The van der Waals surface area contributed by atoms with Crippen LogP contribution in [0.2, 0.25) is 0 Å². The van der Waals surface area contributed by atoms with Crippen LogP contribution in [0.4, 0.5) is 5.69 Å². The lowest BCUT2D eigenvalue weighted by Crippen LogP contribution is -2.11. The predicted octanol–water partition coefficient (Wildman–Crippen LogP) is 3.67. The van der Waals surface area contributed by atoms with Gasteiger partial charge in [-0.15, -0.1) is 0 Å². The first-order chi connectivity index (χ1) is 11.5. The van der Waals surface area contributed by atoms with E-state index in [1.165, 1.54) is 24.3 Å². The van der Waals surface area contributed by atoms with Gasteiger partial charge in [0.25, 0.3) is 5.91 Å². The highest BCUT2D eigenvalue weighted by atomic mass is 32.2. The average Bonchev–Trinajstić information content (AvgIpc) is 3.09. The maximum atomic E-state index is 12.5. The van der Waals surface area contributed by atoms with Gasteiger partial charge in [-0.2, -0.15) is 0 Å². The van der Waals surface area contributed by atoms with Crippen molar-refractivity contribution in [2.75, 3.05) is 5.32 Å². The van der Waals surface area contributed by atoms with Crippen LogP contribution in [0, 0.1) is 6.92 Å². The largest absolute Gasteiger partial charge is 0.439 e. The molecule has 0 fully saturated rings. The Bertz CT molecular complexity index is 975. The lowest BCUT2D eigenvalue weighted by Gasteiger charge is -2.06. The minimum atomic E-state index is -3.78. The molecular weight excluding hydrogens is 326 g/mol. The van der Waals surface area contributed by atoms with E-state index in [1.807, 2.05) is 19.1 Å². The summed E-state index contributed by atoms with van der Waals surface area (Å²) in [5, 5.41) is 2.44. The number of rotatable bonds is 4. The summed E-state index contributed by atoms with van der Waals surface area (Å²) >= 11 is 0. The fourth-order valence-electron chi connectivity index (χ4n) is 2.20. The smallest absolute Gasteiger partial charge is 0.291 e. The second kappa shape index (κ2) is 6.33. The van der Waals surface area contributed by atoms with E-state index in [1.54, 1.807) is 30.3 Å². The highest BCUT2D eigenvalue weighted by Gasteiger charge is 2.23. The van der Waals surface area contributed by atoms with Crippen LogP contribution in [0.5, 0.6) is 0 Å². The maximum absolute atomic E-state index is 12.5. The molecule has 3 aromatic rings. The molecule has 0 bridgehead atoms. The van der Waals surface area contributed by atoms with Crippen LogP contribution in [0.25, 0.3) is 0 Å². The molecule has 5 nitrogen and oxygen atoms in total. The Labute approximate surface area is 139 Å². The number of carbonyl (C=O) groups is 1. The molecule has 0 spiro atoms. The molecule has 2 aromatic carbocycles. The van der Waals surface area contributed by atoms with Gasteiger partial charge in [0, 0.05) is 5.69 Å². The molecule has 1 heterocycles. The first kappa shape index (κ1) is 16.0. The summed E-state index contributed by atoms with van der Waals surface area (Å²) in [4.78, 5) is 12.4. The van der Waals surface area contributed by atoms with Crippen LogP contribution in [-0.2, 0) is 9.84 Å². The highest BCUT2D eigenvalue weighted by Crippen LogP contribution is 2.23. The second-order valence-electron chi connectivity index (χ2n) is 5.20. The van der Waals surface area contributed by atoms with Crippen molar-refractivity contribution in [1.29, 1.82) is 0 Å². The summed E-state index contributed by atoms with van der Waals surface area (Å²) in [5.41, 5.74) is 1.54. The summed E-state index contributed by atoms with van der Waals surface area (Å²) in [7, 11) is -3.78. The van der Waals surface area contributed by atoms with Gasteiger partial charge in [0.2, 0.25) is 14.9 Å². The number of benzene rings is 2. The molecule has 1 amide bonds. The number of anilines is 1. The molecule has 0 aliphatic rings. The molecule has 0 atom stereocenters. The minimum absolute atomic E-state index is 0.0623. The van der Waals surface area contributed by atoms with Gasteiger partial charge in [-0.3, -0.25) is 4.79 Å². The summed E-state index contributed by atoms with van der Waals surface area (Å²) in [6, 6.07) is 17.9. The van der Waals surface area contributed by atoms with Gasteiger partial charge in [0.1, 0.15) is 0 Å². The zero-order chi connectivity index (χ0) is 17.2. The van der Waals surface area contributed by atoms with Crippen molar-refractivity contribution in [3.8, 4) is 0 Å². The number of hydrogen-bond acceptors (Lipinski definition) is 4. The van der Waals surface area contributed by atoms with E-state index in [9.17, 15) is 13.2 Å². The molecule has 0 saturated carbocycles.